The summed E-state index contributed by atoms with van der Waals surface area (Å²) in [4.78, 5) is 12.0. The van der Waals surface area contributed by atoms with Crippen molar-refractivity contribution in [3.8, 4) is 0 Å². The highest BCUT2D eigenvalue weighted by Crippen LogP contribution is 2.22. The van der Waals surface area contributed by atoms with Crippen LogP contribution in [0.3, 0.4) is 0 Å². The lowest BCUT2D eigenvalue weighted by Gasteiger charge is -2.14. The Balaban J connectivity index is 2.32. The number of rotatable bonds is 8. The Morgan fingerprint density at radius 1 is 1.41 bits per heavy atom. The van der Waals surface area contributed by atoms with E-state index in [-0.39, 0.29) is 11.3 Å². The molecule has 1 amide bonds. The van der Waals surface area contributed by atoms with E-state index >= 15 is 0 Å². The van der Waals surface area contributed by atoms with Crippen molar-refractivity contribution in [3.05, 3.63) is 47.0 Å². The summed E-state index contributed by atoms with van der Waals surface area (Å²) in [6.45, 7) is 8.35. The number of hydrogen-bond acceptors (Lipinski definition) is 3. The second-order valence-corrected chi connectivity index (χ2v) is 7.09. The number of benzene rings is 1. The van der Waals surface area contributed by atoms with Crippen molar-refractivity contribution < 1.29 is 4.79 Å². The molecule has 2 unspecified atom stereocenters. The molecule has 0 spiro atoms. The molecule has 3 nitrogen and oxygen atoms in total. The fraction of sp³-hybridized carbons (Fsp3) is 0.500. The molecule has 1 aromatic carbocycles. The molecule has 1 rings (SSSR count). The van der Waals surface area contributed by atoms with E-state index in [1.807, 2.05) is 31.2 Å². The summed E-state index contributed by atoms with van der Waals surface area (Å²) >= 11 is 1.28. The molecule has 0 fully saturated rings. The molecule has 2 atom stereocenters. The minimum absolute atomic E-state index is 0.0535. The van der Waals surface area contributed by atoms with Gasteiger partial charge in [0.05, 0.1) is 5.37 Å². The Labute approximate surface area is 138 Å². The van der Waals surface area contributed by atoms with Crippen molar-refractivity contribution in [2.75, 3.05) is 0 Å². The van der Waals surface area contributed by atoms with Gasteiger partial charge in [-0.2, -0.15) is 0 Å². The van der Waals surface area contributed by atoms with E-state index in [4.69, 9.17) is 5.73 Å². The fourth-order valence-corrected chi connectivity index (χ4v) is 2.79. The highest BCUT2D eigenvalue weighted by molar-refractivity contribution is 7.98. The molecule has 0 aliphatic heterocycles. The SMILES string of the molecule is CC(C)=CCCC(C)CC(=O)NSC(N)c1cccc(C)c1. The van der Waals surface area contributed by atoms with Gasteiger partial charge in [0.2, 0.25) is 5.91 Å². The quantitative estimate of drug-likeness (QED) is 0.421. The van der Waals surface area contributed by atoms with Crippen LogP contribution in [0.25, 0.3) is 0 Å². The van der Waals surface area contributed by atoms with E-state index < -0.39 is 0 Å². The minimum atomic E-state index is -0.232. The van der Waals surface area contributed by atoms with Gasteiger partial charge in [-0.1, -0.05) is 48.4 Å². The van der Waals surface area contributed by atoms with Crippen LogP contribution >= 0.6 is 11.9 Å². The smallest absolute Gasteiger partial charge is 0.230 e. The van der Waals surface area contributed by atoms with Crippen molar-refractivity contribution >= 4 is 17.9 Å². The van der Waals surface area contributed by atoms with E-state index in [0.717, 1.165) is 18.4 Å². The molecule has 22 heavy (non-hydrogen) atoms. The van der Waals surface area contributed by atoms with Gasteiger partial charge in [-0.3, -0.25) is 9.52 Å². The van der Waals surface area contributed by atoms with Crippen LogP contribution < -0.4 is 10.5 Å². The van der Waals surface area contributed by atoms with Gasteiger partial charge in [0.1, 0.15) is 0 Å². The monoisotopic (exact) mass is 320 g/mol. The summed E-state index contributed by atoms with van der Waals surface area (Å²) < 4.78 is 2.87. The zero-order valence-electron chi connectivity index (χ0n) is 14.1. The van der Waals surface area contributed by atoms with E-state index in [9.17, 15) is 4.79 Å². The first-order valence-electron chi connectivity index (χ1n) is 7.78. The Hall–Kier alpha value is -1.26. The van der Waals surface area contributed by atoms with Gasteiger partial charge in [-0.25, -0.2) is 0 Å². The standard InChI is InChI=1S/C18H28N2OS/c1-13(2)7-5-8-15(4)12-17(21)20-22-18(19)16-10-6-9-14(3)11-16/h6-7,9-11,15,18H,5,8,12,19H2,1-4H3,(H,20,21). The number of nitrogens with two attached hydrogens (primary N) is 1. The molecular weight excluding hydrogens is 292 g/mol. The number of carbonyl (C=O) groups is 1. The van der Waals surface area contributed by atoms with Gasteiger partial charge < -0.3 is 5.73 Å². The molecule has 4 heteroatoms. The zero-order chi connectivity index (χ0) is 16.5. The summed E-state index contributed by atoms with van der Waals surface area (Å²) in [5.74, 6) is 0.434. The van der Waals surface area contributed by atoms with E-state index in [1.54, 1.807) is 0 Å². The molecular formula is C18H28N2OS. The van der Waals surface area contributed by atoms with Crippen molar-refractivity contribution in [1.82, 2.24) is 4.72 Å². The third kappa shape index (κ3) is 7.66. The van der Waals surface area contributed by atoms with Gasteiger partial charge in [-0.05, 0) is 57.0 Å². The maximum atomic E-state index is 12.0. The predicted molar refractivity (Wildman–Crippen MR) is 96.3 cm³/mol. The average molecular weight is 321 g/mol. The first kappa shape index (κ1) is 18.8. The van der Waals surface area contributed by atoms with Crippen LogP contribution in [0.2, 0.25) is 0 Å². The van der Waals surface area contributed by atoms with Crippen LogP contribution in [0.5, 0.6) is 0 Å². The van der Waals surface area contributed by atoms with Crippen molar-refractivity contribution in [1.29, 1.82) is 0 Å². The van der Waals surface area contributed by atoms with Gasteiger partial charge in [0, 0.05) is 6.42 Å². The highest BCUT2D eigenvalue weighted by atomic mass is 32.2. The number of nitrogens with one attached hydrogen (secondary N) is 1. The molecule has 0 saturated heterocycles. The molecule has 1 aromatic rings. The lowest BCUT2D eigenvalue weighted by molar-refractivity contribution is -0.120. The summed E-state index contributed by atoms with van der Waals surface area (Å²) in [5.41, 5.74) is 9.63. The van der Waals surface area contributed by atoms with E-state index in [0.29, 0.717) is 12.3 Å². The first-order chi connectivity index (χ1) is 10.4. The Morgan fingerprint density at radius 2 is 2.14 bits per heavy atom. The predicted octanol–water partition coefficient (Wildman–Crippen LogP) is 4.49. The van der Waals surface area contributed by atoms with Crippen LogP contribution in [0.4, 0.5) is 0 Å². The normalized spacial score (nSPS) is 13.3. The summed E-state index contributed by atoms with van der Waals surface area (Å²) in [6, 6.07) is 8.05. The molecule has 3 N–H and O–H groups in total. The fourth-order valence-electron chi connectivity index (χ4n) is 2.16. The lowest BCUT2D eigenvalue weighted by Crippen LogP contribution is -2.22. The highest BCUT2D eigenvalue weighted by Gasteiger charge is 2.12. The molecule has 0 heterocycles. The topological polar surface area (TPSA) is 55.1 Å². The Kier molecular flexibility index (Phi) is 8.28. The molecule has 0 aromatic heterocycles. The lowest BCUT2D eigenvalue weighted by atomic mass is 10.0. The Morgan fingerprint density at radius 3 is 2.77 bits per heavy atom. The second-order valence-electron chi connectivity index (χ2n) is 6.15. The molecule has 122 valence electrons. The van der Waals surface area contributed by atoms with Crippen LogP contribution in [0.1, 0.15) is 56.5 Å². The number of amides is 1. The van der Waals surface area contributed by atoms with Crippen molar-refractivity contribution in [2.45, 2.75) is 52.3 Å². The first-order valence-corrected chi connectivity index (χ1v) is 8.66. The number of aryl methyl sites for hydroxylation is 1. The summed E-state index contributed by atoms with van der Waals surface area (Å²) in [7, 11) is 0. The van der Waals surface area contributed by atoms with Crippen molar-refractivity contribution in [3.63, 3.8) is 0 Å². The average Bonchev–Trinajstić information content (AvgIpc) is 2.44. The Bertz CT molecular complexity index is 510. The molecule has 0 saturated carbocycles. The van der Waals surface area contributed by atoms with E-state index in [1.165, 1.54) is 23.1 Å². The van der Waals surface area contributed by atoms with Crippen LogP contribution in [0.15, 0.2) is 35.9 Å². The van der Waals surface area contributed by atoms with Gasteiger partial charge in [-0.15, -0.1) is 0 Å². The van der Waals surface area contributed by atoms with Crippen LogP contribution in [-0.4, -0.2) is 5.91 Å². The maximum absolute atomic E-state index is 12.0. The molecule has 0 aliphatic rings. The number of allylic oxidation sites excluding steroid dienone is 2. The number of carbonyl (C=O) groups excluding carboxylic acids is 1. The van der Waals surface area contributed by atoms with Crippen LogP contribution in [-0.2, 0) is 4.79 Å². The largest absolute Gasteiger partial charge is 0.314 e. The van der Waals surface area contributed by atoms with Crippen LogP contribution in [0, 0.1) is 12.8 Å². The molecule has 0 bridgehead atoms. The third-order valence-electron chi connectivity index (χ3n) is 3.42. The van der Waals surface area contributed by atoms with Crippen molar-refractivity contribution in [2.24, 2.45) is 11.7 Å². The summed E-state index contributed by atoms with van der Waals surface area (Å²) in [5, 5.41) is -0.232. The van der Waals surface area contributed by atoms with Gasteiger partial charge in [0.15, 0.2) is 0 Å². The van der Waals surface area contributed by atoms with Gasteiger partial charge in [0.25, 0.3) is 0 Å². The minimum Gasteiger partial charge on any atom is -0.314 e. The number of hydrogen-bond donors (Lipinski definition) is 2. The van der Waals surface area contributed by atoms with Gasteiger partial charge >= 0.3 is 0 Å². The second kappa shape index (κ2) is 9.70. The molecule has 0 radical (unpaired) electrons. The third-order valence-corrected chi connectivity index (χ3v) is 4.29. The molecule has 0 aliphatic carbocycles. The zero-order valence-corrected chi connectivity index (χ0v) is 14.9. The maximum Gasteiger partial charge on any atom is 0.230 e. The summed E-state index contributed by atoms with van der Waals surface area (Å²) in [6.07, 6.45) is 4.83. The van der Waals surface area contributed by atoms with E-state index in [2.05, 4.69) is 31.6 Å².